The van der Waals surface area contributed by atoms with Crippen LogP contribution in [-0.4, -0.2) is 5.78 Å². The summed E-state index contributed by atoms with van der Waals surface area (Å²) in [4.78, 5) is 11.4. The Morgan fingerprint density at radius 2 is 2.33 bits per heavy atom. The van der Waals surface area contributed by atoms with Gasteiger partial charge in [0, 0.05) is 0 Å². The quantitative estimate of drug-likeness (QED) is 0.621. The lowest BCUT2D eigenvalue weighted by Crippen LogP contribution is -2.26. The molecule has 0 fully saturated rings. The fourth-order valence-corrected chi connectivity index (χ4v) is 1.34. The number of hydrogen-bond acceptors (Lipinski definition) is 2. The van der Waals surface area contributed by atoms with Gasteiger partial charge in [-0.1, -0.05) is 31.6 Å². The molecule has 0 radical (unpaired) electrons. The number of carbonyl (C=O) groups excluding carboxylic acids is 1. The first-order valence-electron chi connectivity index (χ1n) is 4.07. The summed E-state index contributed by atoms with van der Waals surface area (Å²) in [6, 6.07) is 2.08. The molecule has 0 aromatic heterocycles. The Labute approximate surface area is 72.2 Å². The van der Waals surface area contributed by atoms with Crippen molar-refractivity contribution >= 4 is 5.78 Å². The molecule has 0 heterocycles. The van der Waals surface area contributed by atoms with E-state index in [4.69, 9.17) is 5.26 Å². The molecule has 2 heteroatoms. The molecule has 0 saturated heterocycles. The highest BCUT2D eigenvalue weighted by Gasteiger charge is 2.33. The van der Waals surface area contributed by atoms with Crippen LogP contribution < -0.4 is 0 Å². The molecule has 0 N–H and O–H groups in total. The Hall–Kier alpha value is -1.36. The molecule has 0 aromatic rings. The van der Waals surface area contributed by atoms with Crippen LogP contribution in [-0.2, 0) is 4.79 Å². The highest BCUT2D eigenvalue weighted by molar-refractivity contribution is 5.99. The predicted octanol–water partition coefficient (Wildman–Crippen LogP) is 1.99. The molecule has 1 rings (SSSR count). The van der Waals surface area contributed by atoms with Gasteiger partial charge in [0.25, 0.3) is 0 Å². The molecule has 0 aromatic carbocycles. The van der Waals surface area contributed by atoms with E-state index in [-0.39, 0.29) is 5.78 Å². The van der Waals surface area contributed by atoms with Gasteiger partial charge in [-0.25, -0.2) is 0 Å². The van der Waals surface area contributed by atoms with Crippen molar-refractivity contribution in [3.63, 3.8) is 0 Å². The van der Waals surface area contributed by atoms with Gasteiger partial charge in [-0.2, -0.15) is 5.26 Å². The van der Waals surface area contributed by atoms with Crippen LogP contribution in [0.4, 0.5) is 0 Å². The SMILES string of the molecule is CCCC1(C#N)C=CC=CC1=O. The highest BCUT2D eigenvalue weighted by Crippen LogP contribution is 2.28. The summed E-state index contributed by atoms with van der Waals surface area (Å²) in [5, 5.41) is 8.89. The zero-order valence-electron chi connectivity index (χ0n) is 7.08. The largest absolute Gasteiger partial charge is 0.293 e. The number of allylic oxidation sites excluding steroid dienone is 4. The molecule has 0 aliphatic heterocycles. The van der Waals surface area contributed by atoms with E-state index in [0.29, 0.717) is 6.42 Å². The molecule has 2 nitrogen and oxygen atoms in total. The molecule has 1 atom stereocenters. The van der Waals surface area contributed by atoms with Crippen LogP contribution in [0.2, 0.25) is 0 Å². The van der Waals surface area contributed by atoms with Crippen LogP contribution in [0.15, 0.2) is 24.3 Å². The summed E-state index contributed by atoms with van der Waals surface area (Å²) in [6.45, 7) is 1.97. The second kappa shape index (κ2) is 3.36. The van der Waals surface area contributed by atoms with Crippen molar-refractivity contribution in [2.45, 2.75) is 19.8 Å². The molecule has 0 spiro atoms. The van der Waals surface area contributed by atoms with Crippen molar-refractivity contribution < 1.29 is 4.79 Å². The maximum absolute atomic E-state index is 11.4. The summed E-state index contributed by atoms with van der Waals surface area (Å²) in [5.41, 5.74) is -0.872. The average molecular weight is 161 g/mol. The molecule has 1 aliphatic rings. The summed E-state index contributed by atoms with van der Waals surface area (Å²) < 4.78 is 0. The van der Waals surface area contributed by atoms with E-state index in [9.17, 15) is 4.79 Å². The van der Waals surface area contributed by atoms with E-state index in [0.717, 1.165) is 6.42 Å². The van der Waals surface area contributed by atoms with Crippen molar-refractivity contribution in [1.82, 2.24) is 0 Å². The van der Waals surface area contributed by atoms with Gasteiger partial charge in [0.05, 0.1) is 6.07 Å². The van der Waals surface area contributed by atoms with Gasteiger partial charge in [0.1, 0.15) is 5.41 Å². The topological polar surface area (TPSA) is 40.9 Å². The molecule has 1 aliphatic carbocycles. The Morgan fingerprint density at radius 3 is 2.83 bits per heavy atom. The average Bonchev–Trinajstić information content (AvgIpc) is 2.10. The molecular formula is C10H11NO. The molecule has 0 saturated carbocycles. The van der Waals surface area contributed by atoms with E-state index in [1.54, 1.807) is 18.2 Å². The van der Waals surface area contributed by atoms with Crippen LogP contribution in [0.25, 0.3) is 0 Å². The third kappa shape index (κ3) is 1.31. The maximum atomic E-state index is 11.4. The lowest BCUT2D eigenvalue weighted by atomic mass is 9.78. The van der Waals surface area contributed by atoms with Crippen LogP contribution in [0, 0.1) is 16.7 Å². The number of hydrogen-bond donors (Lipinski definition) is 0. The third-order valence-electron chi connectivity index (χ3n) is 2.02. The van der Waals surface area contributed by atoms with Crippen LogP contribution in [0.1, 0.15) is 19.8 Å². The second-order valence-corrected chi connectivity index (χ2v) is 2.92. The Balaban J connectivity index is 2.94. The minimum atomic E-state index is -0.872. The number of rotatable bonds is 2. The third-order valence-corrected chi connectivity index (χ3v) is 2.02. The molecule has 0 amide bonds. The molecular weight excluding hydrogens is 150 g/mol. The first kappa shape index (κ1) is 8.73. The first-order valence-corrected chi connectivity index (χ1v) is 4.07. The van der Waals surface area contributed by atoms with E-state index < -0.39 is 5.41 Å². The Morgan fingerprint density at radius 1 is 1.58 bits per heavy atom. The summed E-state index contributed by atoms with van der Waals surface area (Å²) in [7, 11) is 0. The van der Waals surface area contributed by atoms with Gasteiger partial charge < -0.3 is 0 Å². The summed E-state index contributed by atoms with van der Waals surface area (Å²) >= 11 is 0. The van der Waals surface area contributed by atoms with E-state index in [2.05, 4.69) is 6.07 Å². The number of nitriles is 1. The summed E-state index contributed by atoms with van der Waals surface area (Å²) in [5.74, 6) is -0.0886. The lowest BCUT2D eigenvalue weighted by Gasteiger charge is -2.20. The standard InChI is InChI=1S/C10H11NO/c1-2-6-10(8-11)7-4-3-5-9(10)12/h3-5,7H,2,6H2,1H3. The number of nitrogens with zero attached hydrogens (tertiary/aromatic N) is 1. The normalized spacial score (nSPS) is 27.2. The Bertz CT molecular complexity index is 283. The zero-order chi connectivity index (χ0) is 9.03. The van der Waals surface area contributed by atoms with Crippen molar-refractivity contribution in [2.24, 2.45) is 5.41 Å². The fourth-order valence-electron chi connectivity index (χ4n) is 1.34. The maximum Gasteiger partial charge on any atom is 0.179 e. The molecule has 0 bridgehead atoms. The van der Waals surface area contributed by atoms with Gasteiger partial charge in [-0.05, 0) is 12.5 Å². The smallest absolute Gasteiger partial charge is 0.179 e. The van der Waals surface area contributed by atoms with Gasteiger partial charge in [0.2, 0.25) is 0 Å². The minimum Gasteiger partial charge on any atom is -0.293 e. The van der Waals surface area contributed by atoms with Crippen molar-refractivity contribution in [2.75, 3.05) is 0 Å². The fraction of sp³-hybridized carbons (Fsp3) is 0.400. The van der Waals surface area contributed by atoms with E-state index in [1.165, 1.54) is 6.08 Å². The van der Waals surface area contributed by atoms with Crippen LogP contribution in [0.5, 0.6) is 0 Å². The van der Waals surface area contributed by atoms with Crippen LogP contribution in [0.3, 0.4) is 0 Å². The van der Waals surface area contributed by atoms with Crippen molar-refractivity contribution in [1.29, 1.82) is 5.26 Å². The number of ketones is 1. The predicted molar refractivity (Wildman–Crippen MR) is 46.2 cm³/mol. The van der Waals surface area contributed by atoms with Gasteiger partial charge in [-0.3, -0.25) is 4.79 Å². The second-order valence-electron chi connectivity index (χ2n) is 2.92. The van der Waals surface area contributed by atoms with Crippen LogP contribution >= 0.6 is 0 Å². The van der Waals surface area contributed by atoms with Crippen molar-refractivity contribution in [3.8, 4) is 6.07 Å². The van der Waals surface area contributed by atoms with Crippen molar-refractivity contribution in [3.05, 3.63) is 24.3 Å². The lowest BCUT2D eigenvalue weighted by molar-refractivity contribution is -0.119. The van der Waals surface area contributed by atoms with Gasteiger partial charge in [0.15, 0.2) is 5.78 Å². The minimum absolute atomic E-state index is 0.0886. The van der Waals surface area contributed by atoms with Gasteiger partial charge in [-0.15, -0.1) is 0 Å². The zero-order valence-corrected chi connectivity index (χ0v) is 7.08. The molecule has 12 heavy (non-hydrogen) atoms. The molecule has 1 unspecified atom stereocenters. The van der Waals surface area contributed by atoms with E-state index in [1.807, 2.05) is 6.92 Å². The van der Waals surface area contributed by atoms with Gasteiger partial charge >= 0.3 is 0 Å². The first-order chi connectivity index (χ1) is 5.75. The highest BCUT2D eigenvalue weighted by atomic mass is 16.1. The summed E-state index contributed by atoms with van der Waals surface area (Å²) in [6.07, 6.45) is 8.06. The Kier molecular flexibility index (Phi) is 2.44. The van der Waals surface area contributed by atoms with E-state index >= 15 is 0 Å². The monoisotopic (exact) mass is 161 g/mol. The number of carbonyl (C=O) groups is 1. The molecule has 62 valence electrons.